The van der Waals surface area contributed by atoms with Crippen molar-refractivity contribution >= 4 is 34.4 Å². The first-order valence-corrected chi connectivity index (χ1v) is 13.9. The van der Waals surface area contributed by atoms with Gasteiger partial charge < -0.3 is 0 Å². The van der Waals surface area contributed by atoms with E-state index in [1.54, 1.807) is 24.3 Å². The van der Waals surface area contributed by atoms with Crippen molar-refractivity contribution in [1.82, 2.24) is 29.8 Å². The first kappa shape index (κ1) is 28.7. The number of fused-ring (bicyclic) bond motifs is 1. The highest BCUT2D eigenvalue weighted by atomic mass is 32.2. The summed E-state index contributed by atoms with van der Waals surface area (Å²) >= 11 is 2.57. The van der Waals surface area contributed by atoms with Crippen LogP contribution in [0.4, 0.5) is 26.3 Å². The van der Waals surface area contributed by atoms with E-state index in [0.717, 1.165) is 24.3 Å². The van der Waals surface area contributed by atoms with Crippen LogP contribution in [0, 0.1) is 0 Å². The lowest BCUT2D eigenvalue weighted by Crippen LogP contribution is -2.22. The fraction of sp³-hybridized carbons (Fsp3) is 0.192. The third-order valence-corrected chi connectivity index (χ3v) is 7.86. The number of rotatable bonds is 8. The largest absolute Gasteiger partial charge is 0.416 e. The Morgan fingerprint density at radius 2 is 1.27 bits per heavy atom. The van der Waals surface area contributed by atoms with Crippen molar-refractivity contribution in [3.05, 3.63) is 94.3 Å². The summed E-state index contributed by atoms with van der Waals surface area (Å²) in [4.78, 5) is 17.9. The second-order valence-electron chi connectivity index (χ2n) is 8.57. The minimum Gasteiger partial charge on any atom is -0.268 e. The van der Waals surface area contributed by atoms with E-state index in [9.17, 15) is 31.1 Å². The zero-order valence-electron chi connectivity index (χ0n) is 20.7. The monoisotopic (exact) mass is 608 g/mol. The van der Waals surface area contributed by atoms with Crippen LogP contribution in [0.1, 0.15) is 17.5 Å². The molecule has 0 bridgehead atoms. The number of para-hydroxylation sites is 1. The quantitative estimate of drug-likeness (QED) is 0.0843. The van der Waals surface area contributed by atoms with Crippen LogP contribution in [0.2, 0.25) is 0 Å². The standard InChI is InChI=1S/C26H18F6N6OS2/c27-25(28,29)16-6-10-18(11-7-16)37-22(39)20-4-1-2-5-21(20)33-23(37)40-14-3-15-41-24-34-35-36-38(24)19-12-8-17(9-13-19)26(30,31)32/h1-2,4-13H,3,14-15H2. The number of thioether (sulfide) groups is 2. The minimum absolute atomic E-state index is 0.258. The Morgan fingerprint density at radius 1 is 0.707 bits per heavy atom. The van der Waals surface area contributed by atoms with Gasteiger partial charge in [-0.15, -0.1) is 5.10 Å². The van der Waals surface area contributed by atoms with E-state index in [-0.39, 0.29) is 5.69 Å². The van der Waals surface area contributed by atoms with Crippen molar-refractivity contribution in [2.75, 3.05) is 11.5 Å². The second kappa shape index (κ2) is 11.6. The molecule has 0 fully saturated rings. The molecule has 0 saturated heterocycles. The van der Waals surface area contributed by atoms with E-state index in [0.29, 0.717) is 44.8 Å². The molecule has 41 heavy (non-hydrogen) atoms. The van der Waals surface area contributed by atoms with Gasteiger partial charge in [0.1, 0.15) is 0 Å². The number of hydrogen-bond acceptors (Lipinski definition) is 7. The van der Waals surface area contributed by atoms with Crippen molar-refractivity contribution in [1.29, 1.82) is 0 Å². The molecule has 2 aromatic heterocycles. The highest BCUT2D eigenvalue weighted by Gasteiger charge is 2.31. The molecule has 0 aliphatic rings. The SMILES string of the molecule is O=c1c2ccccc2nc(SCCCSc2nnnn2-c2ccc(C(F)(F)F)cc2)n1-c1ccc(C(F)(F)F)cc1. The smallest absolute Gasteiger partial charge is 0.268 e. The number of halogens is 6. The molecule has 0 amide bonds. The molecule has 3 aromatic carbocycles. The lowest BCUT2D eigenvalue weighted by atomic mass is 10.2. The summed E-state index contributed by atoms with van der Waals surface area (Å²) in [6.45, 7) is 0. The van der Waals surface area contributed by atoms with Gasteiger partial charge in [-0.3, -0.25) is 9.36 Å². The average molecular weight is 609 g/mol. The average Bonchev–Trinajstić information content (AvgIpc) is 3.41. The Kier molecular flexibility index (Phi) is 8.09. The van der Waals surface area contributed by atoms with Crippen molar-refractivity contribution in [2.24, 2.45) is 0 Å². The maximum atomic E-state index is 13.3. The van der Waals surface area contributed by atoms with Gasteiger partial charge in [-0.1, -0.05) is 35.7 Å². The molecule has 0 saturated carbocycles. The lowest BCUT2D eigenvalue weighted by Gasteiger charge is -2.14. The molecule has 5 aromatic rings. The van der Waals surface area contributed by atoms with Gasteiger partial charge in [-0.05, 0) is 77.5 Å². The summed E-state index contributed by atoms with van der Waals surface area (Å²) in [5.74, 6) is 1.03. The van der Waals surface area contributed by atoms with Gasteiger partial charge in [0, 0.05) is 11.5 Å². The summed E-state index contributed by atoms with van der Waals surface area (Å²) in [5.41, 5.74) is -0.906. The molecule has 212 valence electrons. The van der Waals surface area contributed by atoms with Crippen LogP contribution < -0.4 is 5.56 Å². The van der Waals surface area contributed by atoms with Gasteiger partial charge in [0.05, 0.1) is 33.4 Å². The third kappa shape index (κ3) is 6.40. The summed E-state index contributed by atoms with van der Waals surface area (Å²) in [7, 11) is 0. The fourth-order valence-corrected chi connectivity index (χ4v) is 5.81. The second-order valence-corrected chi connectivity index (χ2v) is 10.7. The van der Waals surface area contributed by atoms with Crippen LogP contribution in [0.5, 0.6) is 0 Å². The van der Waals surface area contributed by atoms with Gasteiger partial charge in [0.25, 0.3) is 5.56 Å². The molecule has 0 radical (unpaired) electrons. The number of alkyl halides is 6. The van der Waals surface area contributed by atoms with E-state index in [2.05, 4.69) is 20.5 Å². The fourth-order valence-electron chi connectivity index (χ4n) is 3.84. The Morgan fingerprint density at radius 3 is 1.88 bits per heavy atom. The lowest BCUT2D eigenvalue weighted by molar-refractivity contribution is -0.138. The van der Waals surface area contributed by atoms with Crippen LogP contribution in [-0.2, 0) is 12.4 Å². The topological polar surface area (TPSA) is 78.5 Å². The van der Waals surface area contributed by atoms with Crippen LogP contribution in [0.3, 0.4) is 0 Å². The number of nitrogens with zero attached hydrogens (tertiary/aromatic N) is 6. The molecule has 2 heterocycles. The van der Waals surface area contributed by atoms with Gasteiger partial charge in [0.15, 0.2) is 5.16 Å². The summed E-state index contributed by atoms with van der Waals surface area (Å²) in [6, 6.07) is 15.5. The Balaban J connectivity index is 1.29. The van der Waals surface area contributed by atoms with Crippen LogP contribution in [0.15, 0.2) is 87.9 Å². The Bertz CT molecular complexity index is 1720. The Hall–Kier alpha value is -3.85. The molecule has 0 aliphatic heterocycles. The molecular formula is C26H18F6N6OS2. The predicted octanol–water partition coefficient (Wildman–Crippen LogP) is 6.67. The summed E-state index contributed by atoms with van der Waals surface area (Å²) in [6.07, 6.45) is -8.36. The third-order valence-electron chi connectivity index (χ3n) is 5.83. The number of hydrogen-bond donors (Lipinski definition) is 0. The van der Waals surface area contributed by atoms with Crippen LogP contribution in [-0.4, -0.2) is 41.3 Å². The first-order chi connectivity index (χ1) is 19.5. The van der Waals surface area contributed by atoms with Crippen molar-refractivity contribution < 1.29 is 26.3 Å². The molecule has 0 spiro atoms. The first-order valence-electron chi connectivity index (χ1n) is 11.9. The minimum atomic E-state index is -4.51. The molecule has 15 heteroatoms. The van der Waals surface area contributed by atoms with Crippen molar-refractivity contribution in [3.8, 4) is 11.4 Å². The molecule has 7 nitrogen and oxygen atoms in total. The van der Waals surface area contributed by atoms with Crippen LogP contribution in [0.25, 0.3) is 22.3 Å². The van der Waals surface area contributed by atoms with E-state index < -0.39 is 29.0 Å². The molecular weight excluding hydrogens is 590 g/mol. The zero-order chi connectivity index (χ0) is 29.2. The maximum absolute atomic E-state index is 13.3. The molecule has 5 rings (SSSR count). The molecule has 0 aliphatic carbocycles. The molecule has 0 unspecified atom stereocenters. The normalized spacial score (nSPS) is 12.2. The van der Waals surface area contributed by atoms with E-state index >= 15 is 0 Å². The Labute approximate surface area is 236 Å². The van der Waals surface area contributed by atoms with Gasteiger partial charge >= 0.3 is 12.4 Å². The predicted molar refractivity (Wildman–Crippen MR) is 143 cm³/mol. The molecule has 0 atom stereocenters. The van der Waals surface area contributed by atoms with E-state index in [4.69, 9.17) is 0 Å². The van der Waals surface area contributed by atoms with Gasteiger partial charge in [0.2, 0.25) is 5.16 Å². The number of benzene rings is 3. The summed E-state index contributed by atoms with van der Waals surface area (Å²) in [5, 5.41) is 12.5. The van der Waals surface area contributed by atoms with Crippen molar-refractivity contribution in [3.63, 3.8) is 0 Å². The summed E-state index contributed by atoms with van der Waals surface area (Å²) < 4.78 is 80.4. The number of tetrazole rings is 1. The van der Waals surface area contributed by atoms with E-state index in [1.807, 2.05) is 0 Å². The van der Waals surface area contributed by atoms with E-state index in [1.165, 1.54) is 57.0 Å². The van der Waals surface area contributed by atoms with Gasteiger partial charge in [-0.25, -0.2) is 4.98 Å². The molecule has 0 N–H and O–H groups in total. The van der Waals surface area contributed by atoms with Crippen LogP contribution >= 0.6 is 23.5 Å². The highest BCUT2D eigenvalue weighted by Crippen LogP contribution is 2.32. The number of aromatic nitrogens is 6. The van der Waals surface area contributed by atoms with Crippen molar-refractivity contribution in [2.45, 2.75) is 29.1 Å². The highest BCUT2D eigenvalue weighted by molar-refractivity contribution is 8.00. The van der Waals surface area contributed by atoms with Gasteiger partial charge in [-0.2, -0.15) is 31.0 Å². The zero-order valence-corrected chi connectivity index (χ0v) is 22.4. The maximum Gasteiger partial charge on any atom is 0.416 e.